The van der Waals surface area contributed by atoms with Crippen LogP contribution in [-0.2, 0) is 13.2 Å². The summed E-state index contributed by atoms with van der Waals surface area (Å²) in [5.74, 6) is 1.52. The van der Waals surface area contributed by atoms with Crippen LogP contribution in [0.3, 0.4) is 0 Å². The van der Waals surface area contributed by atoms with Gasteiger partial charge in [-0.3, -0.25) is 0 Å². The van der Waals surface area contributed by atoms with Crippen molar-refractivity contribution >= 4 is 5.82 Å². The van der Waals surface area contributed by atoms with E-state index in [1.807, 2.05) is 29.8 Å². The summed E-state index contributed by atoms with van der Waals surface area (Å²) in [6.07, 6.45) is -1.11. The van der Waals surface area contributed by atoms with E-state index in [1.54, 1.807) is 25.6 Å². The number of benzene rings is 1. The minimum Gasteiger partial charge on any atom is -0.497 e. The van der Waals surface area contributed by atoms with Crippen molar-refractivity contribution in [1.29, 1.82) is 0 Å². The second-order valence-corrected chi connectivity index (χ2v) is 5.55. The fourth-order valence-corrected chi connectivity index (χ4v) is 2.48. The number of aryl methyl sites for hydroxylation is 1. The molecule has 0 fully saturated rings. The van der Waals surface area contributed by atoms with Crippen LogP contribution >= 0.6 is 0 Å². The zero-order chi connectivity index (χ0) is 18.7. The quantitative estimate of drug-likeness (QED) is 0.752. The Bertz CT molecular complexity index is 877. The van der Waals surface area contributed by atoms with Gasteiger partial charge in [0.15, 0.2) is 5.69 Å². The molecule has 0 saturated carbocycles. The average molecular weight is 363 g/mol. The molecule has 3 rings (SSSR count). The molecule has 1 unspecified atom stereocenters. The van der Waals surface area contributed by atoms with Crippen molar-refractivity contribution in [1.82, 2.24) is 19.7 Å². The molecular formula is C17H16F3N5O. The van der Waals surface area contributed by atoms with Crippen LogP contribution in [0.5, 0.6) is 5.75 Å². The lowest BCUT2D eigenvalue weighted by molar-refractivity contribution is -0.141. The Morgan fingerprint density at radius 3 is 2.54 bits per heavy atom. The Morgan fingerprint density at radius 2 is 1.96 bits per heavy atom. The van der Waals surface area contributed by atoms with Crippen LogP contribution in [0.15, 0.2) is 48.8 Å². The molecule has 0 spiro atoms. The van der Waals surface area contributed by atoms with Gasteiger partial charge in [0, 0.05) is 19.4 Å². The molecule has 0 aliphatic carbocycles. The van der Waals surface area contributed by atoms with Gasteiger partial charge >= 0.3 is 6.18 Å². The van der Waals surface area contributed by atoms with Gasteiger partial charge in [-0.1, -0.05) is 12.1 Å². The van der Waals surface area contributed by atoms with Crippen LogP contribution in [-0.4, -0.2) is 26.9 Å². The summed E-state index contributed by atoms with van der Waals surface area (Å²) in [4.78, 5) is 4.33. The number of halogens is 3. The fourth-order valence-electron chi connectivity index (χ4n) is 2.48. The molecule has 136 valence electrons. The third-order valence-corrected chi connectivity index (χ3v) is 3.79. The van der Waals surface area contributed by atoms with Crippen LogP contribution in [0, 0.1) is 0 Å². The van der Waals surface area contributed by atoms with Crippen molar-refractivity contribution in [3.05, 3.63) is 65.9 Å². The highest BCUT2D eigenvalue weighted by Gasteiger charge is 2.33. The fraction of sp³-hybridized carbons (Fsp3) is 0.235. The lowest BCUT2D eigenvalue weighted by atomic mass is 10.1. The van der Waals surface area contributed by atoms with Crippen LogP contribution in [0.25, 0.3) is 0 Å². The second kappa shape index (κ2) is 7.03. The number of alkyl halides is 3. The maximum absolute atomic E-state index is 12.7. The summed E-state index contributed by atoms with van der Waals surface area (Å²) in [5, 5.41) is 9.98. The molecule has 2 aromatic heterocycles. The normalized spacial score (nSPS) is 12.7. The predicted octanol–water partition coefficient (Wildman–Crippen LogP) is 3.44. The van der Waals surface area contributed by atoms with Crippen molar-refractivity contribution in [2.45, 2.75) is 12.2 Å². The van der Waals surface area contributed by atoms with E-state index in [9.17, 15) is 13.2 Å². The topological polar surface area (TPSA) is 64.9 Å². The van der Waals surface area contributed by atoms with E-state index in [-0.39, 0.29) is 5.82 Å². The predicted molar refractivity (Wildman–Crippen MR) is 88.7 cm³/mol. The van der Waals surface area contributed by atoms with E-state index in [4.69, 9.17) is 4.74 Å². The summed E-state index contributed by atoms with van der Waals surface area (Å²) in [7, 11) is 3.39. The van der Waals surface area contributed by atoms with Gasteiger partial charge in [0.05, 0.1) is 7.11 Å². The molecule has 9 heteroatoms. The number of aromatic nitrogens is 4. The second-order valence-electron chi connectivity index (χ2n) is 5.55. The van der Waals surface area contributed by atoms with Crippen LogP contribution in [0.2, 0.25) is 0 Å². The first-order valence-corrected chi connectivity index (χ1v) is 7.67. The average Bonchev–Trinajstić information content (AvgIpc) is 3.05. The smallest absolute Gasteiger partial charge is 0.435 e. The number of hydrogen-bond acceptors (Lipinski definition) is 5. The third kappa shape index (κ3) is 3.76. The van der Waals surface area contributed by atoms with Gasteiger partial charge in [0.2, 0.25) is 0 Å². The highest BCUT2D eigenvalue weighted by molar-refractivity contribution is 5.43. The van der Waals surface area contributed by atoms with Crippen molar-refractivity contribution in [3.63, 3.8) is 0 Å². The Balaban J connectivity index is 1.95. The van der Waals surface area contributed by atoms with Gasteiger partial charge in [0.25, 0.3) is 0 Å². The van der Waals surface area contributed by atoms with Crippen molar-refractivity contribution in [2.24, 2.45) is 7.05 Å². The zero-order valence-electron chi connectivity index (χ0n) is 14.0. The van der Waals surface area contributed by atoms with Gasteiger partial charge in [-0.05, 0) is 29.8 Å². The number of methoxy groups -OCH3 is 1. The first kappa shape index (κ1) is 17.7. The van der Waals surface area contributed by atoms with Crippen molar-refractivity contribution in [3.8, 4) is 5.75 Å². The Labute approximate surface area is 147 Å². The molecule has 1 aromatic carbocycles. The molecule has 26 heavy (non-hydrogen) atoms. The molecule has 0 amide bonds. The van der Waals surface area contributed by atoms with Crippen LogP contribution < -0.4 is 10.1 Å². The molecule has 2 heterocycles. The van der Waals surface area contributed by atoms with E-state index in [1.165, 1.54) is 6.07 Å². The molecule has 0 radical (unpaired) electrons. The van der Waals surface area contributed by atoms with Gasteiger partial charge in [0.1, 0.15) is 23.4 Å². The van der Waals surface area contributed by atoms with Gasteiger partial charge < -0.3 is 14.6 Å². The van der Waals surface area contributed by atoms with E-state index >= 15 is 0 Å². The molecule has 0 saturated heterocycles. The minimum atomic E-state index is -4.53. The summed E-state index contributed by atoms with van der Waals surface area (Å²) in [5.41, 5.74) is -0.224. The number of ether oxygens (including phenoxy) is 1. The van der Waals surface area contributed by atoms with E-state index < -0.39 is 17.9 Å². The molecule has 6 nitrogen and oxygen atoms in total. The Morgan fingerprint density at radius 1 is 1.15 bits per heavy atom. The monoisotopic (exact) mass is 363 g/mol. The van der Waals surface area contributed by atoms with Gasteiger partial charge in [-0.2, -0.15) is 13.2 Å². The zero-order valence-corrected chi connectivity index (χ0v) is 14.0. The highest BCUT2D eigenvalue weighted by atomic mass is 19.4. The lowest BCUT2D eigenvalue weighted by Crippen LogP contribution is -2.18. The van der Waals surface area contributed by atoms with Crippen molar-refractivity contribution < 1.29 is 17.9 Å². The molecular weight excluding hydrogens is 347 g/mol. The summed E-state index contributed by atoms with van der Waals surface area (Å²) in [6.45, 7) is 0. The number of imidazole rings is 1. The number of nitrogens with one attached hydrogen (secondary N) is 1. The van der Waals surface area contributed by atoms with E-state index in [0.717, 1.165) is 11.6 Å². The van der Waals surface area contributed by atoms with Gasteiger partial charge in [-0.15, -0.1) is 10.2 Å². The maximum Gasteiger partial charge on any atom is 0.435 e. The number of anilines is 1. The number of rotatable bonds is 5. The summed E-state index contributed by atoms with van der Waals surface area (Å²) in [6, 6.07) is 9.00. The SMILES string of the molecule is COc1cccc(C(Nc2ccc(C(F)(F)F)nn2)c2nccn2C)c1. The molecule has 3 aromatic rings. The van der Waals surface area contributed by atoms with E-state index in [0.29, 0.717) is 11.6 Å². The number of nitrogens with zero attached hydrogens (tertiary/aromatic N) is 4. The largest absolute Gasteiger partial charge is 0.497 e. The van der Waals surface area contributed by atoms with Crippen molar-refractivity contribution in [2.75, 3.05) is 12.4 Å². The van der Waals surface area contributed by atoms with E-state index in [2.05, 4.69) is 20.5 Å². The lowest BCUT2D eigenvalue weighted by Gasteiger charge is -2.20. The molecule has 0 aliphatic rings. The summed E-state index contributed by atoms with van der Waals surface area (Å²) >= 11 is 0. The first-order valence-electron chi connectivity index (χ1n) is 7.67. The molecule has 0 aliphatic heterocycles. The summed E-state index contributed by atoms with van der Waals surface area (Å²) < 4.78 is 45.0. The maximum atomic E-state index is 12.7. The standard InChI is InChI=1S/C17H16F3N5O/c1-25-9-8-21-16(25)15(11-4-3-5-12(10-11)26-2)22-14-7-6-13(23-24-14)17(18,19)20/h3-10,15H,1-2H3,(H,22,24). The molecule has 0 bridgehead atoms. The van der Waals surface area contributed by atoms with Gasteiger partial charge in [-0.25, -0.2) is 4.98 Å². The van der Waals surface area contributed by atoms with Crippen LogP contribution in [0.1, 0.15) is 23.1 Å². The highest BCUT2D eigenvalue weighted by Crippen LogP contribution is 2.29. The number of hydrogen-bond donors (Lipinski definition) is 1. The molecule has 1 atom stereocenters. The third-order valence-electron chi connectivity index (χ3n) is 3.79. The molecule has 1 N–H and O–H groups in total. The first-order chi connectivity index (χ1) is 12.4. The Hall–Kier alpha value is -3.10. The minimum absolute atomic E-state index is 0.203. The Kier molecular flexibility index (Phi) is 4.79. The van der Waals surface area contributed by atoms with Crippen LogP contribution in [0.4, 0.5) is 19.0 Å².